The number of hydrogen-bond donors (Lipinski definition) is 2. The van der Waals surface area contributed by atoms with Crippen LogP contribution in [0, 0.1) is 11.8 Å². The number of likely N-dealkylation sites (N-methyl/N-ethyl adjacent to an activating group) is 2. The van der Waals surface area contributed by atoms with E-state index in [1.165, 1.54) is 4.90 Å². The lowest BCUT2D eigenvalue weighted by atomic mass is 9.98. The number of nitrogens with one attached hydrogen (secondary N) is 2. The van der Waals surface area contributed by atoms with E-state index in [-0.39, 0.29) is 49.0 Å². The highest BCUT2D eigenvalue weighted by molar-refractivity contribution is 6.30. The molecule has 52 heavy (non-hydrogen) atoms. The minimum Gasteiger partial charge on any atom is -0.491 e. The van der Waals surface area contributed by atoms with Crippen molar-refractivity contribution < 1.29 is 33.4 Å². The molecular weight excluding hydrogens is 684 g/mol. The summed E-state index contributed by atoms with van der Waals surface area (Å²) in [7, 11) is 3.31. The molecule has 1 aliphatic rings. The molecule has 4 atom stereocenters. The summed E-state index contributed by atoms with van der Waals surface area (Å²) >= 11 is 6.12. The average molecular weight is 735 g/mol. The summed E-state index contributed by atoms with van der Waals surface area (Å²) in [5.41, 5.74) is 0.209. The maximum Gasteiger partial charge on any atom is 0.255 e. The third kappa shape index (κ3) is 11.1. The molecule has 0 saturated heterocycles. The lowest BCUT2D eigenvalue weighted by molar-refractivity contribution is -0.147. The van der Waals surface area contributed by atoms with Crippen molar-refractivity contribution in [1.29, 1.82) is 0 Å². The lowest BCUT2D eigenvalue weighted by Crippen LogP contribution is -2.55. The molecule has 0 radical (unpaired) electrons. The van der Waals surface area contributed by atoms with Crippen molar-refractivity contribution in [2.24, 2.45) is 11.8 Å². The Hall–Kier alpha value is -4.77. The van der Waals surface area contributed by atoms with Gasteiger partial charge in [0.1, 0.15) is 36.8 Å². The quantitative estimate of drug-likeness (QED) is 0.235. The van der Waals surface area contributed by atoms with E-state index >= 15 is 0 Å². The van der Waals surface area contributed by atoms with Crippen LogP contribution in [0.15, 0.2) is 72.8 Å². The van der Waals surface area contributed by atoms with Gasteiger partial charge < -0.3 is 34.6 Å². The summed E-state index contributed by atoms with van der Waals surface area (Å²) in [4.78, 5) is 58.7. The third-order valence-electron chi connectivity index (χ3n) is 8.79. The van der Waals surface area contributed by atoms with E-state index in [0.717, 1.165) is 0 Å². The summed E-state index contributed by atoms with van der Waals surface area (Å²) in [5, 5.41) is 6.18. The number of carbonyl (C=O) groups excluding carboxylic acids is 4. The van der Waals surface area contributed by atoms with Gasteiger partial charge in [-0.25, -0.2) is 0 Å². The molecule has 1 aliphatic heterocycles. The van der Waals surface area contributed by atoms with Gasteiger partial charge in [0.05, 0.1) is 24.1 Å². The van der Waals surface area contributed by atoms with Gasteiger partial charge in [0.15, 0.2) is 11.5 Å². The maximum atomic E-state index is 14.1. The fraction of sp³-hybridized carbons (Fsp3) is 0.450. The molecule has 0 aromatic heterocycles. The molecule has 3 aromatic rings. The average Bonchev–Trinajstić information content (AvgIpc) is 3.10. The molecule has 4 rings (SSSR count). The van der Waals surface area contributed by atoms with Crippen molar-refractivity contribution in [3.05, 3.63) is 83.4 Å². The van der Waals surface area contributed by atoms with Crippen LogP contribution in [0.1, 0.15) is 64.2 Å². The Balaban J connectivity index is 1.56. The van der Waals surface area contributed by atoms with Crippen LogP contribution in [-0.4, -0.2) is 84.9 Å². The Labute approximate surface area is 311 Å². The molecule has 280 valence electrons. The standard InChI is InChI=1S/C40H51ClN4O7/c1-25(2)19-29-24-51-34-16-9-8-15-31(34)38(47)43-32(22-37(46)45(7)33(20-26(3)4)40(49)44(29)6)39(48)42-27(5)23-50-35-17-10-11-18-36(35)52-30-14-12-13-28(41)21-30/h8-18,21,25-27,29,32-33H,19-20,22-24H2,1-7H3,(H,42,48)(H,43,47)/t27-,29-,32+,33+/m1/s1. The van der Waals surface area contributed by atoms with Gasteiger partial charge in [-0.3, -0.25) is 19.2 Å². The molecule has 0 bridgehead atoms. The van der Waals surface area contributed by atoms with Crippen molar-refractivity contribution in [2.75, 3.05) is 27.3 Å². The molecule has 11 nitrogen and oxygen atoms in total. The van der Waals surface area contributed by atoms with Crippen molar-refractivity contribution in [1.82, 2.24) is 20.4 Å². The molecule has 0 spiro atoms. The molecule has 0 fully saturated rings. The fourth-order valence-corrected chi connectivity index (χ4v) is 6.16. The molecule has 3 aromatic carbocycles. The lowest BCUT2D eigenvalue weighted by Gasteiger charge is -2.37. The van der Waals surface area contributed by atoms with Crippen molar-refractivity contribution in [3.8, 4) is 23.0 Å². The highest BCUT2D eigenvalue weighted by atomic mass is 35.5. The normalized spacial score (nSPS) is 19.3. The molecule has 4 amide bonds. The summed E-state index contributed by atoms with van der Waals surface area (Å²) < 4.78 is 18.3. The van der Waals surface area contributed by atoms with Gasteiger partial charge in [-0.15, -0.1) is 0 Å². The number of para-hydroxylation sites is 3. The predicted molar refractivity (Wildman–Crippen MR) is 201 cm³/mol. The van der Waals surface area contributed by atoms with Gasteiger partial charge >= 0.3 is 0 Å². The van der Waals surface area contributed by atoms with E-state index < -0.39 is 35.8 Å². The van der Waals surface area contributed by atoms with Crippen molar-refractivity contribution in [3.63, 3.8) is 0 Å². The molecule has 0 saturated carbocycles. The van der Waals surface area contributed by atoms with Gasteiger partial charge in [0.2, 0.25) is 17.7 Å². The number of rotatable bonds is 11. The Morgan fingerprint density at radius 2 is 1.58 bits per heavy atom. The van der Waals surface area contributed by atoms with Crippen LogP contribution in [0.3, 0.4) is 0 Å². The first-order valence-electron chi connectivity index (χ1n) is 17.7. The minimum atomic E-state index is -1.26. The second-order valence-electron chi connectivity index (χ2n) is 14.1. The molecule has 12 heteroatoms. The third-order valence-corrected chi connectivity index (χ3v) is 9.03. The minimum absolute atomic E-state index is 0.0572. The van der Waals surface area contributed by atoms with Crippen LogP contribution in [-0.2, 0) is 14.4 Å². The second kappa shape index (κ2) is 18.6. The molecular formula is C40H51ClN4O7. The smallest absolute Gasteiger partial charge is 0.255 e. The monoisotopic (exact) mass is 734 g/mol. The number of ether oxygens (including phenoxy) is 3. The number of hydrogen-bond acceptors (Lipinski definition) is 7. The summed E-state index contributed by atoms with van der Waals surface area (Å²) in [5.74, 6) is 0.308. The molecule has 1 heterocycles. The first kappa shape index (κ1) is 40.0. The number of nitrogens with zero attached hydrogens (tertiary/aromatic N) is 2. The zero-order valence-electron chi connectivity index (χ0n) is 31.1. The van der Waals surface area contributed by atoms with Crippen molar-refractivity contribution in [2.45, 2.75) is 78.0 Å². The van der Waals surface area contributed by atoms with Crippen LogP contribution in [0.4, 0.5) is 0 Å². The Morgan fingerprint density at radius 3 is 2.27 bits per heavy atom. The summed E-state index contributed by atoms with van der Waals surface area (Å²) in [6.07, 6.45) is 0.707. The van der Waals surface area contributed by atoms with E-state index in [0.29, 0.717) is 40.9 Å². The van der Waals surface area contributed by atoms with Gasteiger partial charge in [-0.2, -0.15) is 0 Å². The van der Waals surface area contributed by atoms with Crippen LogP contribution >= 0.6 is 11.6 Å². The van der Waals surface area contributed by atoms with E-state index in [1.54, 1.807) is 92.6 Å². The van der Waals surface area contributed by atoms with E-state index in [9.17, 15) is 19.2 Å². The Morgan fingerprint density at radius 1 is 0.904 bits per heavy atom. The zero-order valence-corrected chi connectivity index (χ0v) is 31.8. The number of benzene rings is 3. The first-order chi connectivity index (χ1) is 24.7. The number of amides is 4. The molecule has 0 aliphatic carbocycles. The van der Waals surface area contributed by atoms with E-state index in [2.05, 4.69) is 24.5 Å². The maximum absolute atomic E-state index is 14.1. The van der Waals surface area contributed by atoms with Gasteiger partial charge in [0.25, 0.3) is 5.91 Å². The van der Waals surface area contributed by atoms with Crippen molar-refractivity contribution >= 4 is 35.2 Å². The van der Waals surface area contributed by atoms with E-state index in [1.807, 2.05) is 19.9 Å². The SMILES string of the molecule is CC(C)C[C@@H]1COc2ccccc2C(=O)N[C@H](C(=O)N[C@H](C)COc2ccccc2Oc2cccc(Cl)c2)CC(=O)N(C)[C@@H](CC(C)C)C(=O)N1C. The number of carbonyl (C=O) groups is 4. The summed E-state index contributed by atoms with van der Waals surface area (Å²) in [6.45, 7) is 10.1. The number of fused-ring (bicyclic) bond motifs is 1. The highest BCUT2D eigenvalue weighted by Crippen LogP contribution is 2.32. The topological polar surface area (TPSA) is 127 Å². The number of halogens is 1. The zero-order chi connectivity index (χ0) is 37.9. The first-order valence-corrected chi connectivity index (χ1v) is 18.1. The largest absolute Gasteiger partial charge is 0.491 e. The van der Waals surface area contributed by atoms with Gasteiger partial charge in [-0.05, 0) is 74.1 Å². The Kier molecular flexibility index (Phi) is 14.3. The van der Waals surface area contributed by atoms with Crippen LogP contribution in [0.25, 0.3) is 0 Å². The second-order valence-corrected chi connectivity index (χ2v) is 14.6. The van der Waals surface area contributed by atoms with Gasteiger partial charge in [0, 0.05) is 19.1 Å². The van der Waals surface area contributed by atoms with Crippen LogP contribution < -0.4 is 24.8 Å². The summed E-state index contributed by atoms with van der Waals surface area (Å²) in [6, 6.07) is 18.0. The van der Waals surface area contributed by atoms with Crippen LogP contribution in [0.2, 0.25) is 5.02 Å². The molecule has 0 unspecified atom stereocenters. The molecule has 2 N–H and O–H groups in total. The highest BCUT2D eigenvalue weighted by Gasteiger charge is 2.36. The van der Waals surface area contributed by atoms with Crippen LogP contribution in [0.5, 0.6) is 23.0 Å². The van der Waals surface area contributed by atoms with Gasteiger partial charge in [-0.1, -0.05) is 69.6 Å². The predicted octanol–water partition coefficient (Wildman–Crippen LogP) is 6.34. The fourth-order valence-electron chi connectivity index (χ4n) is 5.98. The van der Waals surface area contributed by atoms with E-state index in [4.69, 9.17) is 25.8 Å². The Bertz CT molecular complexity index is 1700.